The topological polar surface area (TPSA) is 76.7 Å². The smallest absolute Gasteiger partial charge is 0.262 e. The Balaban J connectivity index is 1.67. The van der Waals surface area contributed by atoms with E-state index in [0.29, 0.717) is 29.0 Å². The van der Waals surface area contributed by atoms with Crippen LogP contribution in [0.1, 0.15) is 20.3 Å². The molecule has 7 heteroatoms. The van der Waals surface area contributed by atoms with Crippen molar-refractivity contribution in [1.29, 1.82) is 0 Å². The molecule has 7 nitrogen and oxygen atoms in total. The standard InChI is InChI=1S/C18H25N3O4/c1-13(2)25-16-11-14(10-15-17(16)18(22)20-12-19-15)24-7-3-4-21-5-8-23-9-6-21/h10-13H,3-9H2,1-2H3,(H,19,20,22). The molecule has 25 heavy (non-hydrogen) atoms. The summed E-state index contributed by atoms with van der Waals surface area (Å²) in [6.45, 7) is 9.02. The van der Waals surface area contributed by atoms with E-state index in [9.17, 15) is 4.79 Å². The van der Waals surface area contributed by atoms with Crippen molar-refractivity contribution >= 4 is 10.9 Å². The molecule has 0 unspecified atom stereocenters. The summed E-state index contributed by atoms with van der Waals surface area (Å²) in [5, 5.41) is 0.455. The third-order valence-corrected chi connectivity index (χ3v) is 4.03. The number of fused-ring (bicyclic) bond motifs is 1. The normalized spacial score (nSPS) is 15.6. The number of benzene rings is 1. The van der Waals surface area contributed by atoms with Crippen molar-refractivity contribution in [2.24, 2.45) is 0 Å². The van der Waals surface area contributed by atoms with Crippen molar-refractivity contribution in [3.8, 4) is 11.5 Å². The van der Waals surface area contributed by atoms with E-state index in [1.54, 1.807) is 12.1 Å². The quantitative estimate of drug-likeness (QED) is 0.770. The molecular weight excluding hydrogens is 322 g/mol. The van der Waals surface area contributed by atoms with Crippen molar-refractivity contribution in [2.75, 3.05) is 39.5 Å². The van der Waals surface area contributed by atoms with E-state index >= 15 is 0 Å². The Morgan fingerprint density at radius 1 is 1.32 bits per heavy atom. The SMILES string of the molecule is CC(C)Oc1cc(OCCCN2CCOCC2)cc2nc[nH]c(=O)c12. The summed E-state index contributed by atoms with van der Waals surface area (Å²) >= 11 is 0. The molecule has 0 saturated carbocycles. The van der Waals surface area contributed by atoms with Crippen molar-refractivity contribution in [2.45, 2.75) is 26.4 Å². The number of morpholine rings is 1. The lowest BCUT2D eigenvalue weighted by Gasteiger charge is -2.26. The molecule has 1 N–H and O–H groups in total. The van der Waals surface area contributed by atoms with E-state index in [1.165, 1.54) is 6.33 Å². The first-order chi connectivity index (χ1) is 12.1. The van der Waals surface area contributed by atoms with Gasteiger partial charge in [0, 0.05) is 31.8 Å². The molecule has 1 aromatic heterocycles. The van der Waals surface area contributed by atoms with E-state index in [0.717, 1.165) is 39.3 Å². The average Bonchev–Trinajstić information content (AvgIpc) is 2.59. The summed E-state index contributed by atoms with van der Waals surface area (Å²) in [6.07, 6.45) is 2.28. The molecule has 2 heterocycles. The third-order valence-electron chi connectivity index (χ3n) is 4.03. The van der Waals surface area contributed by atoms with Crippen LogP contribution in [0.3, 0.4) is 0 Å². The lowest BCUT2D eigenvalue weighted by atomic mass is 10.2. The molecule has 1 aliphatic heterocycles. The van der Waals surface area contributed by atoms with Crippen molar-refractivity contribution in [1.82, 2.24) is 14.9 Å². The van der Waals surface area contributed by atoms with E-state index in [1.807, 2.05) is 13.8 Å². The molecule has 2 aromatic rings. The van der Waals surface area contributed by atoms with Crippen LogP contribution in [-0.2, 0) is 4.74 Å². The molecule has 0 spiro atoms. The maximum atomic E-state index is 12.1. The van der Waals surface area contributed by atoms with Gasteiger partial charge in [0.1, 0.15) is 16.9 Å². The Bertz CT molecular complexity index is 754. The van der Waals surface area contributed by atoms with E-state index in [-0.39, 0.29) is 11.7 Å². The largest absolute Gasteiger partial charge is 0.493 e. The highest BCUT2D eigenvalue weighted by Gasteiger charge is 2.13. The highest BCUT2D eigenvalue weighted by molar-refractivity contribution is 5.85. The molecular formula is C18H25N3O4. The van der Waals surface area contributed by atoms with Gasteiger partial charge in [0.05, 0.1) is 37.8 Å². The number of aromatic nitrogens is 2. The number of ether oxygens (including phenoxy) is 3. The molecule has 1 aromatic carbocycles. The van der Waals surface area contributed by atoms with Crippen LogP contribution < -0.4 is 15.0 Å². The summed E-state index contributed by atoms with van der Waals surface area (Å²) in [6, 6.07) is 3.56. The molecule has 0 radical (unpaired) electrons. The summed E-state index contributed by atoms with van der Waals surface area (Å²) in [5.74, 6) is 1.17. The van der Waals surface area contributed by atoms with E-state index in [4.69, 9.17) is 14.2 Å². The maximum absolute atomic E-state index is 12.1. The third kappa shape index (κ3) is 4.70. The second kappa shape index (κ2) is 8.31. The van der Waals surface area contributed by atoms with Crippen LogP contribution in [0.25, 0.3) is 10.9 Å². The van der Waals surface area contributed by atoms with Gasteiger partial charge in [-0.25, -0.2) is 4.98 Å². The molecule has 0 bridgehead atoms. The molecule has 1 fully saturated rings. The number of rotatable bonds is 7. The first-order valence-corrected chi connectivity index (χ1v) is 8.74. The predicted octanol–water partition coefficient (Wildman–Crippen LogP) is 1.81. The Kier molecular flexibility index (Phi) is 5.88. The molecule has 136 valence electrons. The number of hydrogen-bond acceptors (Lipinski definition) is 6. The molecule has 3 rings (SSSR count). The number of hydrogen-bond donors (Lipinski definition) is 1. The minimum absolute atomic E-state index is 0.0422. The zero-order valence-corrected chi connectivity index (χ0v) is 14.8. The van der Waals surface area contributed by atoms with Crippen molar-refractivity contribution < 1.29 is 14.2 Å². The zero-order valence-electron chi connectivity index (χ0n) is 14.8. The van der Waals surface area contributed by atoms with Crippen LogP contribution in [0.5, 0.6) is 11.5 Å². The van der Waals surface area contributed by atoms with Gasteiger partial charge in [0.25, 0.3) is 5.56 Å². The Labute approximate surface area is 146 Å². The lowest BCUT2D eigenvalue weighted by molar-refractivity contribution is 0.0358. The van der Waals surface area contributed by atoms with Gasteiger partial charge in [0.15, 0.2) is 0 Å². The first kappa shape index (κ1) is 17.7. The number of aromatic amines is 1. The van der Waals surface area contributed by atoms with Gasteiger partial charge in [-0.15, -0.1) is 0 Å². The summed E-state index contributed by atoms with van der Waals surface area (Å²) in [5.41, 5.74) is 0.365. The second-order valence-electron chi connectivity index (χ2n) is 6.37. The van der Waals surface area contributed by atoms with Gasteiger partial charge in [0.2, 0.25) is 0 Å². The van der Waals surface area contributed by atoms with Crippen LogP contribution in [0.15, 0.2) is 23.3 Å². The highest BCUT2D eigenvalue weighted by atomic mass is 16.5. The van der Waals surface area contributed by atoms with E-state index < -0.39 is 0 Å². The predicted molar refractivity (Wildman–Crippen MR) is 95.5 cm³/mol. The molecule has 1 saturated heterocycles. The van der Waals surface area contributed by atoms with Crippen LogP contribution in [0.4, 0.5) is 0 Å². The first-order valence-electron chi connectivity index (χ1n) is 8.74. The Hall–Kier alpha value is -2.12. The number of nitrogens with one attached hydrogen (secondary N) is 1. The van der Waals surface area contributed by atoms with Crippen LogP contribution in [0.2, 0.25) is 0 Å². The summed E-state index contributed by atoms with van der Waals surface area (Å²) in [7, 11) is 0. The summed E-state index contributed by atoms with van der Waals surface area (Å²) < 4.78 is 17.0. The van der Waals surface area contributed by atoms with Gasteiger partial charge >= 0.3 is 0 Å². The van der Waals surface area contributed by atoms with Crippen molar-refractivity contribution in [3.05, 3.63) is 28.8 Å². The van der Waals surface area contributed by atoms with Gasteiger partial charge in [-0.3, -0.25) is 9.69 Å². The molecule has 0 amide bonds. The number of nitrogens with zero attached hydrogens (tertiary/aromatic N) is 2. The van der Waals surface area contributed by atoms with Gasteiger partial charge in [-0.1, -0.05) is 0 Å². The monoisotopic (exact) mass is 347 g/mol. The minimum atomic E-state index is -0.209. The highest BCUT2D eigenvalue weighted by Crippen LogP contribution is 2.28. The average molecular weight is 347 g/mol. The van der Waals surface area contributed by atoms with Crippen LogP contribution in [0, 0.1) is 0 Å². The molecule has 0 aliphatic carbocycles. The Morgan fingerprint density at radius 2 is 2.12 bits per heavy atom. The second-order valence-corrected chi connectivity index (χ2v) is 6.37. The minimum Gasteiger partial charge on any atom is -0.493 e. The fraction of sp³-hybridized carbons (Fsp3) is 0.556. The maximum Gasteiger partial charge on any atom is 0.262 e. The Morgan fingerprint density at radius 3 is 2.88 bits per heavy atom. The molecule has 1 aliphatic rings. The lowest BCUT2D eigenvalue weighted by Crippen LogP contribution is -2.37. The zero-order chi connectivity index (χ0) is 17.6. The van der Waals surface area contributed by atoms with Crippen LogP contribution >= 0.6 is 0 Å². The van der Waals surface area contributed by atoms with Crippen molar-refractivity contribution in [3.63, 3.8) is 0 Å². The fourth-order valence-electron chi connectivity index (χ4n) is 2.87. The molecule has 0 atom stereocenters. The van der Waals surface area contributed by atoms with E-state index in [2.05, 4.69) is 14.9 Å². The number of H-pyrrole nitrogens is 1. The van der Waals surface area contributed by atoms with Gasteiger partial charge in [-0.2, -0.15) is 0 Å². The summed E-state index contributed by atoms with van der Waals surface area (Å²) in [4.78, 5) is 21.3. The van der Waals surface area contributed by atoms with Gasteiger partial charge in [-0.05, 0) is 20.3 Å². The van der Waals surface area contributed by atoms with Gasteiger partial charge < -0.3 is 19.2 Å². The van der Waals surface area contributed by atoms with Crippen LogP contribution in [-0.4, -0.2) is 60.4 Å². The fourth-order valence-corrected chi connectivity index (χ4v) is 2.87.